The molecule has 1 saturated heterocycles. The maximum absolute atomic E-state index is 13.3. The number of anilines is 1. The van der Waals surface area contributed by atoms with Gasteiger partial charge in [0.1, 0.15) is 10.3 Å². The Morgan fingerprint density at radius 2 is 1.97 bits per heavy atom. The van der Waals surface area contributed by atoms with Crippen LogP contribution in [0.2, 0.25) is 4.34 Å². The number of halogens is 1. The van der Waals surface area contributed by atoms with Gasteiger partial charge >= 0.3 is 0 Å². The van der Waals surface area contributed by atoms with Gasteiger partial charge in [0.05, 0.1) is 14.6 Å². The van der Waals surface area contributed by atoms with Gasteiger partial charge in [0, 0.05) is 11.9 Å². The number of piperidine rings is 1. The molecule has 4 aromatic rings. The molecule has 3 heterocycles. The highest BCUT2D eigenvalue weighted by molar-refractivity contribution is 7.91. The van der Waals surface area contributed by atoms with Gasteiger partial charge in [0.15, 0.2) is 5.13 Å². The Hall–Kier alpha value is -2.04. The van der Waals surface area contributed by atoms with E-state index in [4.69, 9.17) is 16.6 Å². The van der Waals surface area contributed by atoms with Crippen molar-refractivity contribution in [3.8, 4) is 0 Å². The maximum Gasteiger partial charge on any atom is 0.253 e. The Balaban J connectivity index is 1.32. The summed E-state index contributed by atoms with van der Waals surface area (Å²) in [4.78, 5) is 18.0. The molecule has 6 nitrogen and oxygen atoms in total. The van der Waals surface area contributed by atoms with Gasteiger partial charge in [-0.05, 0) is 60.4 Å². The average Bonchev–Trinajstić information content (AvgIpc) is 3.53. The van der Waals surface area contributed by atoms with Crippen LogP contribution in [0.4, 0.5) is 5.13 Å². The molecular formula is C23H20ClN3O3S3. The summed E-state index contributed by atoms with van der Waals surface area (Å²) in [5.74, 6) is -0.336. The van der Waals surface area contributed by atoms with E-state index >= 15 is 0 Å². The zero-order valence-corrected chi connectivity index (χ0v) is 20.7. The number of thiophene rings is 1. The number of carbonyl (C=O) groups excluding carboxylic acids is 1. The summed E-state index contributed by atoms with van der Waals surface area (Å²) in [5, 5.41) is 5.82. The quantitative estimate of drug-likeness (QED) is 0.390. The van der Waals surface area contributed by atoms with Gasteiger partial charge in [-0.1, -0.05) is 47.6 Å². The monoisotopic (exact) mass is 517 g/mol. The van der Waals surface area contributed by atoms with Crippen LogP contribution in [0.1, 0.15) is 30.4 Å². The lowest BCUT2D eigenvalue weighted by Crippen LogP contribution is -2.49. The number of hydrogen-bond donors (Lipinski definition) is 1. The predicted molar refractivity (Wildman–Crippen MR) is 134 cm³/mol. The van der Waals surface area contributed by atoms with Crippen LogP contribution >= 0.6 is 34.3 Å². The number of sulfonamides is 1. The minimum absolute atomic E-state index is 0.163. The van der Waals surface area contributed by atoms with E-state index in [9.17, 15) is 13.2 Å². The van der Waals surface area contributed by atoms with Crippen LogP contribution in [0, 0.1) is 0 Å². The summed E-state index contributed by atoms with van der Waals surface area (Å²) < 4.78 is 29.4. The highest BCUT2D eigenvalue weighted by Crippen LogP contribution is 2.39. The molecule has 10 heteroatoms. The van der Waals surface area contributed by atoms with Crippen molar-refractivity contribution in [1.29, 1.82) is 0 Å². The Bertz CT molecular complexity index is 1530. The normalized spacial score (nSPS) is 18.9. The molecule has 0 bridgehead atoms. The number of thiazole rings is 1. The lowest BCUT2D eigenvalue weighted by molar-refractivity contribution is -0.120. The molecule has 2 aromatic heterocycles. The van der Waals surface area contributed by atoms with Gasteiger partial charge in [-0.25, -0.2) is 13.4 Å². The second-order valence-electron chi connectivity index (χ2n) is 8.42. The van der Waals surface area contributed by atoms with E-state index in [1.54, 1.807) is 6.07 Å². The van der Waals surface area contributed by atoms with Crippen LogP contribution in [0.15, 0.2) is 40.6 Å². The zero-order chi connectivity index (χ0) is 22.7. The van der Waals surface area contributed by atoms with Crippen molar-refractivity contribution in [2.24, 2.45) is 0 Å². The smallest absolute Gasteiger partial charge is 0.253 e. The molecule has 170 valence electrons. The molecule has 2 aromatic carbocycles. The summed E-state index contributed by atoms with van der Waals surface area (Å²) in [6.07, 6.45) is 4.07. The standard InChI is InChI=1S/C23H20ClN3O3S3/c24-18-9-10-19(32-18)33(29,30)27-11-2-1-6-16(27)22(28)26-23-25-21-15-5-3-4-13-7-8-14(20(13)15)12-17(21)31-23/h3-5,9-10,12,16H,1-2,6-8,11H2,(H,25,26,28). The topological polar surface area (TPSA) is 79.4 Å². The Morgan fingerprint density at radius 3 is 2.79 bits per heavy atom. The van der Waals surface area contributed by atoms with Crippen LogP contribution in [-0.4, -0.2) is 36.2 Å². The highest BCUT2D eigenvalue weighted by atomic mass is 35.5. The van der Waals surface area contributed by atoms with E-state index in [1.165, 1.54) is 38.2 Å². The van der Waals surface area contributed by atoms with Gasteiger partial charge in [-0.3, -0.25) is 4.79 Å². The second-order valence-corrected chi connectivity index (χ2v) is 13.3. The number of carbonyl (C=O) groups is 1. The first-order valence-electron chi connectivity index (χ1n) is 10.8. The molecule has 6 rings (SSSR count). The summed E-state index contributed by atoms with van der Waals surface area (Å²) >= 11 is 8.42. The van der Waals surface area contributed by atoms with E-state index < -0.39 is 16.1 Å². The molecule has 1 aliphatic carbocycles. The Kier molecular flexibility index (Phi) is 5.23. The lowest BCUT2D eigenvalue weighted by Gasteiger charge is -2.32. The number of amides is 1. The highest BCUT2D eigenvalue weighted by Gasteiger charge is 2.38. The summed E-state index contributed by atoms with van der Waals surface area (Å²) in [6.45, 7) is 0.312. The van der Waals surface area contributed by atoms with E-state index in [2.05, 4.69) is 29.6 Å². The first kappa shape index (κ1) is 21.5. The van der Waals surface area contributed by atoms with Gasteiger partial charge in [-0.2, -0.15) is 4.31 Å². The van der Waals surface area contributed by atoms with E-state index in [1.807, 2.05) is 0 Å². The third-order valence-electron chi connectivity index (χ3n) is 6.45. The molecule has 0 spiro atoms. The van der Waals surface area contributed by atoms with Gasteiger partial charge in [-0.15, -0.1) is 11.3 Å². The fourth-order valence-electron chi connectivity index (χ4n) is 4.95. The molecule has 33 heavy (non-hydrogen) atoms. The molecule has 0 radical (unpaired) electrons. The van der Waals surface area contributed by atoms with Crippen molar-refractivity contribution in [2.75, 3.05) is 11.9 Å². The van der Waals surface area contributed by atoms with Crippen molar-refractivity contribution in [3.05, 3.63) is 51.9 Å². The van der Waals surface area contributed by atoms with Crippen molar-refractivity contribution in [3.63, 3.8) is 0 Å². The van der Waals surface area contributed by atoms with Gasteiger partial charge in [0.25, 0.3) is 10.0 Å². The number of aryl methyl sites for hydroxylation is 2. The summed E-state index contributed by atoms with van der Waals surface area (Å²) in [5.41, 5.74) is 3.56. The molecule has 2 aliphatic rings. The Morgan fingerprint density at radius 1 is 1.12 bits per heavy atom. The number of nitrogens with one attached hydrogen (secondary N) is 1. The van der Waals surface area contributed by atoms with Crippen LogP contribution < -0.4 is 5.32 Å². The molecule has 1 fully saturated rings. The fourth-order valence-corrected chi connectivity index (χ4v) is 9.17. The third-order valence-corrected chi connectivity index (χ3v) is 11.0. The second kappa shape index (κ2) is 8.02. The third kappa shape index (κ3) is 3.57. The van der Waals surface area contributed by atoms with Crippen LogP contribution in [-0.2, 0) is 27.7 Å². The van der Waals surface area contributed by atoms with Crippen molar-refractivity contribution in [2.45, 2.75) is 42.4 Å². The number of hydrogen-bond acceptors (Lipinski definition) is 6. The average molecular weight is 518 g/mol. The summed E-state index contributed by atoms with van der Waals surface area (Å²) in [7, 11) is -3.79. The molecule has 0 saturated carbocycles. The lowest BCUT2D eigenvalue weighted by atomic mass is 10.0. The molecule has 1 aliphatic heterocycles. The number of fused-ring (bicyclic) bond motifs is 2. The van der Waals surface area contributed by atoms with Gasteiger partial charge < -0.3 is 5.32 Å². The number of benzene rings is 2. The van der Waals surface area contributed by atoms with Crippen LogP contribution in [0.25, 0.3) is 21.0 Å². The van der Waals surface area contributed by atoms with Crippen LogP contribution in [0.3, 0.4) is 0 Å². The predicted octanol–water partition coefficient (Wildman–Crippen LogP) is 5.44. The van der Waals surface area contributed by atoms with Gasteiger partial charge in [0.2, 0.25) is 5.91 Å². The van der Waals surface area contributed by atoms with Crippen molar-refractivity contribution < 1.29 is 13.2 Å². The van der Waals surface area contributed by atoms with E-state index in [0.717, 1.165) is 52.6 Å². The molecule has 1 atom stereocenters. The molecule has 1 unspecified atom stereocenters. The molecule has 1 N–H and O–H groups in total. The maximum atomic E-state index is 13.3. The number of aromatic nitrogens is 1. The number of rotatable bonds is 4. The van der Waals surface area contributed by atoms with E-state index in [0.29, 0.717) is 22.4 Å². The largest absolute Gasteiger partial charge is 0.301 e. The Labute approximate surface area is 204 Å². The summed E-state index contributed by atoms with van der Waals surface area (Å²) in [6, 6.07) is 10.8. The molecule has 1 amide bonds. The van der Waals surface area contributed by atoms with Crippen LogP contribution in [0.5, 0.6) is 0 Å². The first-order valence-corrected chi connectivity index (χ1v) is 14.3. The zero-order valence-electron chi connectivity index (χ0n) is 17.5. The minimum Gasteiger partial charge on any atom is -0.301 e. The van der Waals surface area contributed by atoms with Crippen molar-refractivity contribution in [1.82, 2.24) is 9.29 Å². The first-order chi connectivity index (χ1) is 15.9. The van der Waals surface area contributed by atoms with Crippen molar-refractivity contribution >= 4 is 76.3 Å². The molecular weight excluding hydrogens is 498 g/mol. The fraction of sp³-hybridized carbons (Fsp3) is 0.304. The minimum atomic E-state index is -3.79. The SMILES string of the molecule is O=C(Nc1nc2c(cc3c4c(cccc42)CC3)s1)C1CCCCN1S(=O)(=O)c1ccc(Cl)s1. The number of nitrogens with zero attached hydrogens (tertiary/aromatic N) is 2. The van der Waals surface area contributed by atoms with E-state index in [-0.39, 0.29) is 10.1 Å².